The fraction of sp³-hybridized carbons (Fsp3) is 1.00. The maximum Gasteiger partial charge on any atom is 0.106 e. The maximum atomic E-state index is 9.82. The predicted octanol–water partition coefficient (Wildman–Crippen LogP) is 0.0430. The van der Waals surface area contributed by atoms with Crippen molar-refractivity contribution in [2.45, 2.75) is 6.92 Å². The minimum absolute atomic E-state index is 0.133. The van der Waals surface area contributed by atoms with Crippen molar-refractivity contribution in [3.05, 3.63) is 0 Å². The highest BCUT2D eigenvalue weighted by molar-refractivity contribution is 4.39. The fourth-order valence-electron chi connectivity index (χ4n) is 0.482. The molecular weight excluding hydrogens is 118 g/mol. The van der Waals surface area contributed by atoms with Crippen LogP contribution < -0.4 is 5.32 Å². The molecule has 0 fully saturated rings. The van der Waals surface area contributed by atoms with Crippen LogP contribution in [0, 0.1) is 0 Å². The minimum atomic E-state index is -0.133. The first-order chi connectivity index (χ1) is 4.41. The number of nitrogens with one attached hydrogen (secondary N) is 1. The average Bonchev–Trinajstić information content (AvgIpc) is 1.89. The van der Waals surface area contributed by atoms with Gasteiger partial charge in [-0.3, -0.25) is 0 Å². The van der Waals surface area contributed by atoms with Crippen molar-refractivity contribution in [3.63, 3.8) is 0 Å². The Morgan fingerprint density at radius 2 is 2.22 bits per heavy atom. The molecule has 0 atom stereocenters. The zero-order valence-electron chi connectivity index (χ0n) is 5.85. The third kappa shape index (κ3) is 7.88. The van der Waals surface area contributed by atoms with Crippen molar-refractivity contribution in [2.24, 2.45) is 0 Å². The quantitative estimate of drug-likeness (QED) is 0.518. The van der Waals surface area contributed by atoms with Crippen molar-refractivity contribution in [1.29, 1.82) is 0 Å². The van der Waals surface area contributed by atoms with Crippen LogP contribution in [0.25, 0.3) is 0 Å². The minimum Gasteiger partial charge on any atom is -0.378 e. The van der Waals surface area contributed by atoms with E-state index >= 15 is 0 Å². The second-order valence-corrected chi connectivity index (χ2v) is 1.67. The third-order valence-corrected chi connectivity index (χ3v) is 0.901. The summed E-state index contributed by atoms with van der Waals surface area (Å²) < 4.78 is 4.91. The lowest BCUT2D eigenvalue weighted by molar-refractivity contribution is 0.0653. The monoisotopic (exact) mass is 132 g/mol. The molecule has 0 rings (SSSR count). The van der Waals surface area contributed by atoms with Gasteiger partial charge in [0.05, 0.1) is 13.2 Å². The Balaban J connectivity index is 2.60. The molecule has 0 bridgehead atoms. The first kappa shape index (κ1) is 8.88. The first-order valence-corrected chi connectivity index (χ1v) is 3.28. The van der Waals surface area contributed by atoms with Crippen LogP contribution in [0.5, 0.6) is 0 Å². The van der Waals surface area contributed by atoms with E-state index in [1.54, 1.807) is 0 Å². The average molecular weight is 132 g/mol. The van der Waals surface area contributed by atoms with Crippen LogP contribution in [0.4, 0.5) is 0 Å². The Bertz CT molecular complexity index is 44.3. The maximum absolute atomic E-state index is 9.82. The molecule has 0 aromatic heterocycles. The number of rotatable bonds is 6. The molecule has 0 aliphatic heterocycles. The van der Waals surface area contributed by atoms with Gasteiger partial charge in [0.2, 0.25) is 0 Å². The largest absolute Gasteiger partial charge is 0.378 e. The molecule has 3 heteroatoms. The molecule has 9 heavy (non-hydrogen) atoms. The summed E-state index contributed by atoms with van der Waals surface area (Å²) in [4.78, 5) is 0. The Morgan fingerprint density at radius 1 is 1.44 bits per heavy atom. The standard InChI is InChI=1S/C6H14NO2/c1-2-7-3-5-9-6-4-8/h7H,2-6H2,1H3. The highest BCUT2D eigenvalue weighted by atomic mass is 16.5. The van der Waals surface area contributed by atoms with E-state index in [0.29, 0.717) is 13.2 Å². The van der Waals surface area contributed by atoms with Gasteiger partial charge in [-0.15, -0.1) is 0 Å². The zero-order chi connectivity index (χ0) is 6.95. The van der Waals surface area contributed by atoms with Crippen molar-refractivity contribution < 1.29 is 9.84 Å². The van der Waals surface area contributed by atoms with E-state index in [-0.39, 0.29) is 6.61 Å². The van der Waals surface area contributed by atoms with Gasteiger partial charge in [-0.05, 0) is 6.54 Å². The molecule has 0 amide bonds. The summed E-state index contributed by atoms with van der Waals surface area (Å²) in [7, 11) is 0. The third-order valence-electron chi connectivity index (χ3n) is 0.901. The SMILES string of the molecule is CCNCCOCC[O]. The lowest BCUT2D eigenvalue weighted by atomic mass is 10.6. The molecule has 0 aromatic rings. The molecule has 0 aromatic carbocycles. The molecule has 0 spiro atoms. The highest BCUT2D eigenvalue weighted by Crippen LogP contribution is 1.70. The van der Waals surface area contributed by atoms with Crippen LogP contribution in [0.15, 0.2) is 0 Å². The number of hydrogen-bond acceptors (Lipinski definition) is 2. The Hall–Kier alpha value is -0.120. The molecular formula is C6H14NO2. The van der Waals surface area contributed by atoms with Gasteiger partial charge in [0.15, 0.2) is 0 Å². The molecule has 0 saturated heterocycles. The van der Waals surface area contributed by atoms with E-state index in [0.717, 1.165) is 13.1 Å². The van der Waals surface area contributed by atoms with Gasteiger partial charge in [-0.2, -0.15) is 0 Å². The normalized spacial score (nSPS) is 10.0. The van der Waals surface area contributed by atoms with Gasteiger partial charge in [0.1, 0.15) is 6.61 Å². The number of ether oxygens (including phenoxy) is 1. The predicted molar refractivity (Wildman–Crippen MR) is 34.9 cm³/mol. The highest BCUT2D eigenvalue weighted by Gasteiger charge is 1.84. The van der Waals surface area contributed by atoms with Crippen LogP contribution >= 0.6 is 0 Å². The molecule has 0 unspecified atom stereocenters. The molecule has 1 N–H and O–H groups in total. The van der Waals surface area contributed by atoms with Gasteiger partial charge in [0, 0.05) is 6.54 Å². The van der Waals surface area contributed by atoms with Crippen molar-refractivity contribution in [2.75, 3.05) is 32.9 Å². The summed E-state index contributed by atoms with van der Waals surface area (Å²) >= 11 is 0. The second-order valence-electron chi connectivity index (χ2n) is 1.67. The summed E-state index contributed by atoms with van der Waals surface area (Å²) in [6.07, 6.45) is 0. The van der Waals surface area contributed by atoms with Crippen molar-refractivity contribution >= 4 is 0 Å². The molecule has 0 aliphatic rings. The van der Waals surface area contributed by atoms with Gasteiger partial charge in [0.25, 0.3) is 0 Å². The number of hydrogen-bond donors (Lipinski definition) is 1. The van der Waals surface area contributed by atoms with E-state index in [4.69, 9.17) is 4.74 Å². The second kappa shape index (κ2) is 7.88. The topological polar surface area (TPSA) is 41.2 Å². The van der Waals surface area contributed by atoms with Crippen LogP contribution in [-0.2, 0) is 9.84 Å². The molecule has 3 nitrogen and oxygen atoms in total. The van der Waals surface area contributed by atoms with E-state index < -0.39 is 0 Å². The lowest BCUT2D eigenvalue weighted by Gasteiger charge is -2.00. The molecule has 0 heterocycles. The summed E-state index contributed by atoms with van der Waals surface area (Å²) in [6.45, 7) is 4.69. The summed E-state index contributed by atoms with van der Waals surface area (Å²) in [6, 6.07) is 0. The Morgan fingerprint density at radius 3 is 2.78 bits per heavy atom. The Kier molecular flexibility index (Phi) is 7.77. The van der Waals surface area contributed by atoms with Crippen LogP contribution in [0.3, 0.4) is 0 Å². The smallest absolute Gasteiger partial charge is 0.106 e. The first-order valence-electron chi connectivity index (χ1n) is 3.28. The molecule has 0 aliphatic carbocycles. The van der Waals surface area contributed by atoms with E-state index in [1.807, 2.05) is 6.92 Å². The summed E-state index contributed by atoms with van der Waals surface area (Å²) in [5.41, 5.74) is 0. The van der Waals surface area contributed by atoms with Crippen molar-refractivity contribution in [3.8, 4) is 0 Å². The van der Waals surface area contributed by atoms with Gasteiger partial charge in [-0.1, -0.05) is 6.92 Å². The van der Waals surface area contributed by atoms with Crippen LogP contribution in [0.2, 0.25) is 0 Å². The summed E-state index contributed by atoms with van der Waals surface area (Å²) in [5, 5.41) is 12.9. The van der Waals surface area contributed by atoms with Crippen LogP contribution in [0.1, 0.15) is 6.92 Å². The molecule has 1 radical (unpaired) electrons. The molecule has 0 saturated carbocycles. The summed E-state index contributed by atoms with van der Waals surface area (Å²) in [5.74, 6) is 0. The fourth-order valence-corrected chi connectivity index (χ4v) is 0.482. The van der Waals surface area contributed by atoms with Gasteiger partial charge >= 0.3 is 0 Å². The van der Waals surface area contributed by atoms with E-state index in [2.05, 4.69) is 5.32 Å². The van der Waals surface area contributed by atoms with Crippen molar-refractivity contribution in [1.82, 2.24) is 5.32 Å². The zero-order valence-corrected chi connectivity index (χ0v) is 5.85. The van der Waals surface area contributed by atoms with E-state index in [9.17, 15) is 5.11 Å². The molecule has 55 valence electrons. The lowest BCUT2D eigenvalue weighted by Crippen LogP contribution is -2.19. The van der Waals surface area contributed by atoms with Gasteiger partial charge < -0.3 is 10.1 Å². The van der Waals surface area contributed by atoms with Crippen LogP contribution in [-0.4, -0.2) is 32.9 Å². The van der Waals surface area contributed by atoms with Gasteiger partial charge in [-0.25, -0.2) is 5.11 Å². The van der Waals surface area contributed by atoms with E-state index in [1.165, 1.54) is 0 Å². The Labute approximate surface area is 56.0 Å². The number of likely N-dealkylation sites (N-methyl/N-ethyl adjacent to an activating group) is 1.